The lowest BCUT2D eigenvalue weighted by molar-refractivity contribution is -0.119. The second-order valence-electron chi connectivity index (χ2n) is 5.79. The molecule has 20 heavy (non-hydrogen) atoms. The fourth-order valence-electron chi connectivity index (χ4n) is 3.57. The molecule has 3 rings (SSSR count). The smallest absolute Gasteiger partial charge is 0.227 e. The van der Waals surface area contributed by atoms with Crippen molar-refractivity contribution in [2.45, 2.75) is 32.1 Å². The van der Waals surface area contributed by atoms with Crippen LogP contribution in [0.15, 0.2) is 47.9 Å². The molecule has 2 N–H and O–H groups in total. The quantitative estimate of drug-likeness (QED) is 0.774. The standard InChI is InChI=1S/C17H22N2O/c1-2-5-16(20)19-15-8-3-7-14-13(15)10-9-12-6-4-11-18-17(12)14/h2-3,7-8,12-13,18H,1,4-6,9-11H2,(H,19,20). The Bertz CT molecular complexity index is 513. The van der Waals surface area contributed by atoms with Gasteiger partial charge >= 0.3 is 0 Å². The molecule has 1 heterocycles. The molecule has 2 atom stereocenters. The highest BCUT2D eigenvalue weighted by Gasteiger charge is 2.33. The molecule has 3 heteroatoms. The number of amides is 1. The van der Waals surface area contributed by atoms with Crippen LogP contribution in [0.5, 0.6) is 0 Å². The van der Waals surface area contributed by atoms with Crippen LogP contribution in [0.4, 0.5) is 0 Å². The molecule has 0 aromatic rings. The number of fused-ring (bicyclic) bond motifs is 2. The van der Waals surface area contributed by atoms with Crippen LogP contribution < -0.4 is 10.6 Å². The van der Waals surface area contributed by atoms with E-state index < -0.39 is 0 Å². The second kappa shape index (κ2) is 5.70. The number of piperidine rings is 1. The highest BCUT2D eigenvalue weighted by atomic mass is 16.1. The fourth-order valence-corrected chi connectivity index (χ4v) is 3.57. The minimum atomic E-state index is 0.0321. The molecule has 1 saturated heterocycles. The molecule has 0 spiro atoms. The Morgan fingerprint density at radius 3 is 3.20 bits per heavy atom. The van der Waals surface area contributed by atoms with Crippen LogP contribution in [0.2, 0.25) is 0 Å². The van der Waals surface area contributed by atoms with Gasteiger partial charge in [-0.25, -0.2) is 0 Å². The number of nitrogens with one attached hydrogen (secondary N) is 2. The van der Waals surface area contributed by atoms with Gasteiger partial charge in [-0.05, 0) is 43.3 Å². The van der Waals surface area contributed by atoms with Crippen LogP contribution in [0.3, 0.4) is 0 Å². The summed E-state index contributed by atoms with van der Waals surface area (Å²) in [5.74, 6) is 1.08. The number of carbonyl (C=O) groups excluding carboxylic acids is 1. The third kappa shape index (κ3) is 2.45. The second-order valence-corrected chi connectivity index (χ2v) is 5.79. The van der Waals surface area contributed by atoms with Crippen LogP contribution in [-0.2, 0) is 4.79 Å². The van der Waals surface area contributed by atoms with Gasteiger partial charge in [-0.1, -0.05) is 18.2 Å². The lowest BCUT2D eigenvalue weighted by Gasteiger charge is -2.38. The summed E-state index contributed by atoms with van der Waals surface area (Å²) in [4.78, 5) is 11.8. The predicted octanol–water partition coefficient (Wildman–Crippen LogP) is 2.80. The normalized spacial score (nSPS) is 27.9. The van der Waals surface area contributed by atoms with Gasteiger partial charge in [-0.3, -0.25) is 4.79 Å². The van der Waals surface area contributed by atoms with Crippen molar-refractivity contribution in [2.75, 3.05) is 6.54 Å². The molecule has 106 valence electrons. The zero-order chi connectivity index (χ0) is 13.9. The predicted molar refractivity (Wildman–Crippen MR) is 80.7 cm³/mol. The summed E-state index contributed by atoms with van der Waals surface area (Å²) in [7, 11) is 0. The van der Waals surface area contributed by atoms with E-state index in [0.717, 1.165) is 18.7 Å². The van der Waals surface area contributed by atoms with Crippen LogP contribution >= 0.6 is 0 Å². The summed E-state index contributed by atoms with van der Waals surface area (Å²) >= 11 is 0. The van der Waals surface area contributed by atoms with E-state index in [0.29, 0.717) is 18.3 Å². The van der Waals surface area contributed by atoms with Gasteiger partial charge in [0.2, 0.25) is 5.91 Å². The maximum absolute atomic E-state index is 11.8. The number of allylic oxidation sites excluding steroid dienone is 5. The Labute approximate surface area is 120 Å². The first-order valence-electron chi connectivity index (χ1n) is 7.56. The molecule has 3 nitrogen and oxygen atoms in total. The van der Waals surface area contributed by atoms with Crippen molar-refractivity contribution in [1.29, 1.82) is 0 Å². The Morgan fingerprint density at radius 1 is 1.45 bits per heavy atom. The average Bonchev–Trinajstić information content (AvgIpc) is 2.47. The van der Waals surface area contributed by atoms with Crippen LogP contribution in [-0.4, -0.2) is 12.5 Å². The number of carbonyl (C=O) groups is 1. The van der Waals surface area contributed by atoms with Gasteiger partial charge in [0.1, 0.15) is 0 Å². The summed E-state index contributed by atoms with van der Waals surface area (Å²) in [6, 6.07) is 0. The third-order valence-electron chi connectivity index (χ3n) is 4.48. The van der Waals surface area contributed by atoms with Gasteiger partial charge in [-0.2, -0.15) is 0 Å². The summed E-state index contributed by atoms with van der Waals surface area (Å²) in [5.41, 5.74) is 3.86. The molecular formula is C17H22N2O. The van der Waals surface area contributed by atoms with Crippen LogP contribution in [0.1, 0.15) is 32.1 Å². The first kappa shape index (κ1) is 13.2. The van der Waals surface area contributed by atoms with Gasteiger partial charge in [0, 0.05) is 30.3 Å². The molecule has 0 radical (unpaired) electrons. The van der Waals surface area contributed by atoms with Gasteiger partial charge in [0.15, 0.2) is 0 Å². The highest BCUT2D eigenvalue weighted by molar-refractivity contribution is 5.79. The van der Waals surface area contributed by atoms with E-state index in [2.05, 4.69) is 29.4 Å². The van der Waals surface area contributed by atoms with Crippen LogP contribution in [0, 0.1) is 11.8 Å². The summed E-state index contributed by atoms with van der Waals surface area (Å²) in [6.07, 6.45) is 13.3. The fraction of sp³-hybridized carbons (Fsp3) is 0.471. The van der Waals surface area contributed by atoms with Gasteiger partial charge in [-0.15, -0.1) is 6.58 Å². The molecule has 1 fully saturated rings. The zero-order valence-corrected chi connectivity index (χ0v) is 11.8. The Kier molecular flexibility index (Phi) is 3.77. The average molecular weight is 270 g/mol. The first-order valence-corrected chi connectivity index (χ1v) is 7.56. The maximum Gasteiger partial charge on any atom is 0.227 e. The molecule has 1 aliphatic heterocycles. The Hall–Kier alpha value is -1.77. The van der Waals surface area contributed by atoms with Crippen molar-refractivity contribution in [3.05, 3.63) is 47.9 Å². The van der Waals surface area contributed by atoms with E-state index in [1.54, 1.807) is 6.08 Å². The molecule has 0 bridgehead atoms. The number of hydrogen-bond acceptors (Lipinski definition) is 2. The Morgan fingerprint density at radius 2 is 2.35 bits per heavy atom. The van der Waals surface area contributed by atoms with E-state index in [1.165, 1.54) is 30.5 Å². The maximum atomic E-state index is 11.8. The summed E-state index contributed by atoms with van der Waals surface area (Å²) < 4.78 is 0. The third-order valence-corrected chi connectivity index (χ3v) is 4.48. The van der Waals surface area contributed by atoms with Crippen molar-refractivity contribution in [3.8, 4) is 0 Å². The largest absolute Gasteiger partial charge is 0.388 e. The number of hydrogen-bond donors (Lipinski definition) is 2. The van der Waals surface area contributed by atoms with Crippen molar-refractivity contribution in [1.82, 2.24) is 10.6 Å². The first-order chi connectivity index (χ1) is 9.79. The van der Waals surface area contributed by atoms with Crippen molar-refractivity contribution >= 4 is 5.91 Å². The molecule has 0 aromatic heterocycles. The monoisotopic (exact) mass is 270 g/mol. The molecule has 0 saturated carbocycles. The van der Waals surface area contributed by atoms with E-state index >= 15 is 0 Å². The minimum Gasteiger partial charge on any atom is -0.388 e. The molecule has 1 amide bonds. The summed E-state index contributed by atoms with van der Waals surface area (Å²) in [6.45, 7) is 4.70. The number of rotatable bonds is 3. The minimum absolute atomic E-state index is 0.0321. The SMILES string of the molecule is C=CCC(=O)NC1=CC=CC2=C3NCCCC3CCC12. The van der Waals surface area contributed by atoms with Crippen molar-refractivity contribution in [3.63, 3.8) is 0 Å². The van der Waals surface area contributed by atoms with E-state index in [1.807, 2.05) is 6.08 Å². The lowest BCUT2D eigenvalue weighted by atomic mass is 9.74. The van der Waals surface area contributed by atoms with Gasteiger partial charge in [0.25, 0.3) is 0 Å². The van der Waals surface area contributed by atoms with Crippen molar-refractivity contribution < 1.29 is 4.79 Å². The topological polar surface area (TPSA) is 41.1 Å². The van der Waals surface area contributed by atoms with E-state index in [9.17, 15) is 4.79 Å². The van der Waals surface area contributed by atoms with Gasteiger partial charge < -0.3 is 10.6 Å². The Balaban J connectivity index is 1.83. The molecule has 3 aliphatic rings. The van der Waals surface area contributed by atoms with E-state index in [-0.39, 0.29) is 5.91 Å². The zero-order valence-electron chi connectivity index (χ0n) is 11.8. The lowest BCUT2D eigenvalue weighted by Crippen LogP contribution is -2.37. The van der Waals surface area contributed by atoms with E-state index in [4.69, 9.17) is 0 Å². The molecule has 2 unspecified atom stereocenters. The highest BCUT2D eigenvalue weighted by Crippen LogP contribution is 2.41. The molecule has 0 aromatic carbocycles. The molecule has 2 aliphatic carbocycles. The molecular weight excluding hydrogens is 248 g/mol. The summed E-state index contributed by atoms with van der Waals surface area (Å²) in [5, 5.41) is 6.64. The van der Waals surface area contributed by atoms with Crippen molar-refractivity contribution in [2.24, 2.45) is 11.8 Å². The van der Waals surface area contributed by atoms with Crippen LogP contribution in [0.25, 0.3) is 0 Å². The van der Waals surface area contributed by atoms with Gasteiger partial charge in [0.05, 0.1) is 0 Å².